The van der Waals surface area contributed by atoms with E-state index >= 15 is 0 Å². The zero-order valence-electron chi connectivity index (χ0n) is 12.0. The molecule has 0 saturated carbocycles. The largest absolute Gasteiger partial charge is 0.496 e. The number of nitrogens with one attached hydrogen (secondary N) is 1. The van der Waals surface area contributed by atoms with Gasteiger partial charge in [-0.2, -0.15) is 11.8 Å². The fourth-order valence-electron chi connectivity index (χ4n) is 1.68. The van der Waals surface area contributed by atoms with Gasteiger partial charge in [0.25, 0.3) is 0 Å². The van der Waals surface area contributed by atoms with Crippen LogP contribution in [0.4, 0.5) is 0 Å². The quantitative estimate of drug-likeness (QED) is 0.719. The van der Waals surface area contributed by atoms with E-state index in [2.05, 4.69) is 5.32 Å². The number of thioether (sulfide) groups is 1. The van der Waals surface area contributed by atoms with Crippen molar-refractivity contribution >= 4 is 29.7 Å². The van der Waals surface area contributed by atoms with E-state index in [1.807, 2.05) is 24.5 Å². The third-order valence-corrected chi connectivity index (χ3v) is 3.42. The number of carboxylic acid groups (broad SMARTS) is 1. The molecule has 0 radical (unpaired) electrons. The second-order valence-corrected chi connectivity index (χ2v) is 5.24. The van der Waals surface area contributed by atoms with Gasteiger partial charge in [0.05, 0.1) is 7.11 Å². The summed E-state index contributed by atoms with van der Waals surface area (Å²) in [6.45, 7) is 0. The molecule has 0 saturated heterocycles. The number of rotatable bonds is 8. The van der Waals surface area contributed by atoms with Gasteiger partial charge >= 0.3 is 5.97 Å². The molecule has 0 heterocycles. The van der Waals surface area contributed by atoms with Crippen LogP contribution < -0.4 is 10.1 Å². The predicted octanol–water partition coefficient (Wildman–Crippen LogP) is 2.03. The Kier molecular flexibility index (Phi) is 7.39. The zero-order valence-corrected chi connectivity index (χ0v) is 12.9. The highest BCUT2D eigenvalue weighted by Gasteiger charge is 2.17. The monoisotopic (exact) mass is 309 g/mol. The molecular formula is C15H19NO4S. The molecule has 0 aliphatic rings. The third kappa shape index (κ3) is 5.91. The van der Waals surface area contributed by atoms with Crippen molar-refractivity contribution in [2.75, 3.05) is 19.1 Å². The Morgan fingerprint density at radius 2 is 2.14 bits per heavy atom. The van der Waals surface area contributed by atoms with Crippen LogP contribution in [0, 0.1) is 0 Å². The summed E-state index contributed by atoms with van der Waals surface area (Å²) < 4.78 is 5.17. The number of carbonyl (C=O) groups is 2. The topological polar surface area (TPSA) is 75.6 Å². The van der Waals surface area contributed by atoms with Crippen LogP contribution >= 0.6 is 11.8 Å². The van der Waals surface area contributed by atoms with E-state index in [4.69, 9.17) is 9.84 Å². The fraction of sp³-hybridized carbons (Fsp3) is 0.333. The average Bonchev–Trinajstić information content (AvgIpc) is 2.49. The molecule has 21 heavy (non-hydrogen) atoms. The summed E-state index contributed by atoms with van der Waals surface area (Å²) in [5.41, 5.74) is 0.756. The molecule has 2 N–H and O–H groups in total. The summed E-state index contributed by atoms with van der Waals surface area (Å²) in [4.78, 5) is 22.8. The van der Waals surface area contributed by atoms with Crippen molar-refractivity contribution in [2.45, 2.75) is 12.5 Å². The minimum absolute atomic E-state index is 0.394. The number of aliphatic carboxylic acids is 1. The van der Waals surface area contributed by atoms with Gasteiger partial charge < -0.3 is 15.2 Å². The molecule has 1 aromatic rings. The number of hydrogen-bond acceptors (Lipinski definition) is 4. The second-order valence-electron chi connectivity index (χ2n) is 4.26. The van der Waals surface area contributed by atoms with Gasteiger partial charge in [-0.1, -0.05) is 18.2 Å². The van der Waals surface area contributed by atoms with Crippen molar-refractivity contribution in [1.82, 2.24) is 5.32 Å². The summed E-state index contributed by atoms with van der Waals surface area (Å²) in [6.07, 6.45) is 5.20. The minimum Gasteiger partial charge on any atom is -0.496 e. The van der Waals surface area contributed by atoms with Crippen molar-refractivity contribution in [2.24, 2.45) is 0 Å². The van der Waals surface area contributed by atoms with Crippen molar-refractivity contribution < 1.29 is 19.4 Å². The van der Waals surface area contributed by atoms with Gasteiger partial charge in [-0.3, -0.25) is 4.79 Å². The molecule has 1 aromatic carbocycles. The first kappa shape index (κ1) is 17.1. The molecule has 114 valence electrons. The summed E-state index contributed by atoms with van der Waals surface area (Å²) >= 11 is 1.54. The molecule has 1 rings (SSSR count). The van der Waals surface area contributed by atoms with E-state index < -0.39 is 17.9 Å². The highest BCUT2D eigenvalue weighted by molar-refractivity contribution is 7.98. The van der Waals surface area contributed by atoms with Crippen molar-refractivity contribution in [3.05, 3.63) is 35.9 Å². The second kappa shape index (κ2) is 9.07. The molecule has 0 fully saturated rings. The lowest BCUT2D eigenvalue weighted by molar-refractivity contribution is -0.141. The number of carboxylic acids is 1. The SMILES string of the molecule is COc1ccccc1/C=C/C(=O)N[C@@H](CCSC)C(=O)O. The van der Waals surface area contributed by atoms with Gasteiger partial charge in [-0.25, -0.2) is 4.79 Å². The Morgan fingerprint density at radius 1 is 1.43 bits per heavy atom. The summed E-state index contributed by atoms with van der Waals surface area (Å²) in [5, 5.41) is 11.5. The normalized spacial score (nSPS) is 12.1. The van der Waals surface area contributed by atoms with Gasteiger partial charge in [-0.05, 0) is 30.6 Å². The highest BCUT2D eigenvalue weighted by atomic mass is 32.2. The number of benzene rings is 1. The van der Waals surface area contributed by atoms with Gasteiger partial charge in [0.2, 0.25) is 5.91 Å². The van der Waals surface area contributed by atoms with Gasteiger partial charge in [0.15, 0.2) is 0 Å². The minimum atomic E-state index is -1.02. The van der Waals surface area contributed by atoms with E-state index in [0.717, 1.165) is 5.56 Å². The van der Waals surface area contributed by atoms with Gasteiger partial charge in [-0.15, -0.1) is 0 Å². The Hall–Kier alpha value is -1.95. The highest BCUT2D eigenvalue weighted by Crippen LogP contribution is 2.18. The average molecular weight is 309 g/mol. The summed E-state index contributed by atoms with van der Waals surface area (Å²) in [5.74, 6) is -0.135. The number of amides is 1. The van der Waals surface area contributed by atoms with Crippen LogP contribution in [0.1, 0.15) is 12.0 Å². The van der Waals surface area contributed by atoms with E-state index in [0.29, 0.717) is 17.9 Å². The van der Waals surface area contributed by atoms with E-state index in [9.17, 15) is 9.59 Å². The van der Waals surface area contributed by atoms with Crippen LogP contribution in [0.2, 0.25) is 0 Å². The molecule has 5 nitrogen and oxygen atoms in total. The van der Waals surface area contributed by atoms with Crippen molar-refractivity contribution in [3.63, 3.8) is 0 Å². The Labute approximate surface area is 128 Å². The first-order chi connectivity index (χ1) is 10.1. The third-order valence-electron chi connectivity index (χ3n) is 2.78. The molecule has 0 spiro atoms. The lowest BCUT2D eigenvalue weighted by atomic mass is 10.2. The Morgan fingerprint density at radius 3 is 2.76 bits per heavy atom. The number of para-hydroxylation sites is 1. The number of hydrogen-bond donors (Lipinski definition) is 2. The summed E-state index contributed by atoms with van der Waals surface area (Å²) in [7, 11) is 1.55. The van der Waals surface area contributed by atoms with Crippen LogP contribution in [0.25, 0.3) is 6.08 Å². The molecule has 0 aliphatic carbocycles. The zero-order chi connectivity index (χ0) is 15.7. The molecule has 6 heteroatoms. The van der Waals surface area contributed by atoms with Gasteiger partial charge in [0, 0.05) is 11.6 Å². The van der Waals surface area contributed by atoms with Crippen molar-refractivity contribution in [3.8, 4) is 5.75 Å². The Balaban J connectivity index is 2.66. The number of ether oxygens (including phenoxy) is 1. The molecule has 0 aliphatic heterocycles. The van der Waals surface area contributed by atoms with Crippen LogP contribution in [0.15, 0.2) is 30.3 Å². The maximum Gasteiger partial charge on any atom is 0.326 e. The van der Waals surface area contributed by atoms with E-state index in [1.165, 1.54) is 6.08 Å². The number of methoxy groups -OCH3 is 1. The number of carbonyl (C=O) groups excluding carboxylic acids is 1. The molecule has 0 unspecified atom stereocenters. The molecule has 1 atom stereocenters. The standard InChI is InChI=1S/C15H19NO4S/c1-20-13-6-4-3-5-11(13)7-8-14(17)16-12(15(18)19)9-10-21-2/h3-8,12H,9-10H2,1-2H3,(H,16,17)(H,18,19)/b8-7+/t12-/m0/s1. The molecule has 1 amide bonds. The summed E-state index contributed by atoms with van der Waals surface area (Å²) in [6, 6.07) is 6.39. The maximum atomic E-state index is 11.8. The van der Waals surface area contributed by atoms with Crippen LogP contribution in [-0.4, -0.2) is 42.1 Å². The van der Waals surface area contributed by atoms with Crippen molar-refractivity contribution in [1.29, 1.82) is 0 Å². The predicted molar refractivity (Wildman–Crippen MR) is 84.6 cm³/mol. The molecule has 0 aromatic heterocycles. The smallest absolute Gasteiger partial charge is 0.326 e. The first-order valence-electron chi connectivity index (χ1n) is 6.41. The van der Waals surface area contributed by atoms with E-state index in [-0.39, 0.29) is 0 Å². The lowest BCUT2D eigenvalue weighted by Crippen LogP contribution is -2.40. The van der Waals surface area contributed by atoms with Gasteiger partial charge in [0.1, 0.15) is 11.8 Å². The molecule has 0 bridgehead atoms. The first-order valence-corrected chi connectivity index (χ1v) is 7.81. The van der Waals surface area contributed by atoms with E-state index in [1.54, 1.807) is 31.0 Å². The van der Waals surface area contributed by atoms with Crippen LogP contribution in [0.3, 0.4) is 0 Å². The fourth-order valence-corrected chi connectivity index (χ4v) is 2.15. The van der Waals surface area contributed by atoms with Crippen LogP contribution in [0.5, 0.6) is 5.75 Å². The Bertz CT molecular complexity index is 516. The van der Waals surface area contributed by atoms with Crippen LogP contribution in [-0.2, 0) is 9.59 Å². The maximum absolute atomic E-state index is 11.8. The lowest BCUT2D eigenvalue weighted by Gasteiger charge is -2.12. The molecular weight excluding hydrogens is 290 g/mol.